The summed E-state index contributed by atoms with van der Waals surface area (Å²) in [5, 5.41) is 2.40. The molecule has 0 bridgehead atoms. The second-order valence-corrected chi connectivity index (χ2v) is 4.64. The van der Waals surface area contributed by atoms with Gasteiger partial charge in [0.15, 0.2) is 0 Å². The molecular formula is C14H10ClF3N2O2. The molecular weight excluding hydrogens is 321 g/mol. The van der Waals surface area contributed by atoms with Crippen molar-refractivity contribution in [3.63, 3.8) is 0 Å². The van der Waals surface area contributed by atoms with Crippen molar-refractivity contribution in [3.8, 4) is 5.88 Å². The number of carbonyl (C=O) groups excluding carboxylic acids is 1. The Balaban J connectivity index is 2.24. The van der Waals surface area contributed by atoms with Gasteiger partial charge < -0.3 is 10.1 Å². The van der Waals surface area contributed by atoms with Crippen LogP contribution in [0.4, 0.5) is 18.9 Å². The minimum Gasteiger partial charge on any atom is -0.481 e. The molecule has 2 aromatic rings. The molecule has 2 rings (SSSR count). The molecule has 1 N–H and O–H groups in total. The number of nitrogens with zero attached hydrogens (tertiary/aromatic N) is 1. The zero-order valence-electron chi connectivity index (χ0n) is 11.2. The maximum Gasteiger partial charge on any atom is 0.416 e. The molecule has 1 aromatic heterocycles. The molecule has 0 aliphatic carbocycles. The fraction of sp³-hybridized carbons (Fsp3) is 0.143. The zero-order valence-corrected chi connectivity index (χ0v) is 12.0. The van der Waals surface area contributed by atoms with Crippen LogP contribution in [0.2, 0.25) is 5.15 Å². The molecule has 0 saturated carbocycles. The van der Waals surface area contributed by atoms with Gasteiger partial charge in [0, 0.05) is 17.3 Å². The number of anilines is 1. The Morgan fingerprint density at radius 2 is 2.00 bits per heavy atom. The number of carbonyl (C=O) groups is 1. The van der Waals surface area contributed by atoms with Crippen LogP contribution in [-0.2, 0) is 6.18 Å². The highest BCUT2D eigenvalue weighted by Gasteiger charge is 2.30. The number of amides is 1. The largest absolute Gasteiger partial charge is 0.481 e. The number of aromatic nitrogens is 1. The lowest BCUT2D eigenvalue weighted by Gasteiger charge is -2.10. The predicted octanol–water partition coefficient (Wildman–Crippen LogP) is 4.01. The monoisotopic (exact) mass is 330 g/mol. The summed E-state index contributed by atoms with van der Waals surface area (Å²) in [7, 11) is 1.35. The van der Waals surface area contributed by atoms with Crippen molar-refractivity contribution < 1.29 is 22.7 Å². The number of methoxy groups -OCH3 is 1. The van der Waals surface area contributed by atoms with E-state index in [9.17, 15) is 18.0 Å². The number of rotatable bonds is 3. The lowest BCUT2D eigenvalue weighted by Crippen LogP contribution is -2.13. The Morgan fingerprint density at radius 3 is 2.64 bits per heavy atom. The third-order valence-corrected chi connectivity index (χ3v) is 2.88. The molecule has 8 heteroatoms. The lowest BCUT2D eigenvalue weighted by molar-refractivity contribution is -0.137. The van der Waals surface area contributed by atoms with Crippen LogP contribution < -0.4 is 10.1 Å². The lowest BCUT2D eigenvalue weighted by atomic mass is 10.2. The van der Waals surface area contributed by atoms with Crippen LogP contribution in [0, 0.1) is 0 Å². The van der Waals surface area contributed by atoms with Gasteiger partial charge in [0.1, 0.15) is 5.15 Å². The van der Waals surface area contributed by atoms with E-state index in [2.05, 4.69) is 10.3 Å². The maximum absolute atomic E-state index is 12.6. The number of nitrogens with one attached hydrogen (secondary N) is 1. The Labute approximate surface area is 128 Å². The molecule has 0 radical (unpaired) electrons. The fourth-order valence-corrected chi connectivity index (χ4v) is 1.89. The quantitative estimate of drug-likeness (QED) is 0.865. The van der Waals surface area contributed by atoms with E-state index in [0.29, 0.717) is 0 Å². The van der Waals surface area contributed by atoms with E-state index in [4.69, 9.17) is 16.3 Å². The van der Waals surface area contributed by atoms with Gasteiger partial charge in [0.25, 0.3) is 5.91 Å². The van der Waals surface area contributed by atoms with Crippen molar-refractivity contribution in [2.75, 3.05) is 12.4 Å². The molecule has 0 atom stereocenters. The molecule has 116 valence electrons. The van der Waals surface area contributed by atoms with Crippen LogP contribution in [0.1, 0.15) is 15.9 Å². The Hall–Kier alpha value is -2.28. The van der Waals surface area contributed by atoms with Gasteiger partial charge in [-0.3, -0.25) is 4.79 Å². The van der Waals surface area contributed by atoms with Gasteiger partial charge >= 0.3 is 6.18 Å². The van der Waals surface area contributed by atoms with E-state index >= 15 is 0 Å². The van der Waals surface area contributed by atoms with Crippen molar-refractivity contribution >= 4 is 23.2 Å². The number of hydrogen-bond acceptors (Lipinski definition) is 3. The number of benzene rings is 1. The van der Waals surface area contributed by atoms with Crippen LogP contribution in [0.15, 0.2) is 36.4 Å². The van der Waals surface area contributed by atoms with Crippen molar-refractivity contribution in [1.29, 1.82) is 0 Å². The zero-order chi connectivity index (χ0) is 16.3. The second kappa shape index (κ2) is 6.23. The average Bonchev–Trinajstić information content (AvgIpc) is 2.46. The first-order chi connectivity index (χ1) is 10.3. The average molecular weight is 331 g/mol. The maximum atomic E-state index is 12.6. The first-order valence-electron chi connectivity index (χ1n) is 6.00. The summed E-state index contributed by atoms with van der Waals surface area (Å²) in [4.78, 5) is 15.9. The van der Waals surface area contributed by atoms with Crippen LogP contribution in [-0.4, -0.2) is 18.0 Å². The number of pyridine rings is 1. The molecule has 1 heterocycles. The van der Waals surface area contributed by atoms with E-state index in [-0.39, 0.29) is 22.3 Å². The summed E-state index contributed by atoms with van der Waals surface area (Å²) < 4.78 is 42.8. The summed E-state index contributed by atoms with van der Waals surface area (Å²) >= 11 is 5.74. The van der Waals surface area contributed by atoms with Crippen LogP contribution in [0.3, 0.4) is 0 Å². The summed E-state index contributed by atoms with van der Waals surface area (Å²) in [5.41, 5.74) is -0.711. The molecule has 0 spiro atoms. The van der Waals surface area contributed by atoms with Gasteiger partial charge in [-0.1, -0.05) is 17.7 Å². The van der Waals surface area contributed by atoms with E-state index < -0.39 is 17.6 Å². The third kappa shape index (κ3) is 3.88. The molecule has 1 amide bonds. The SMILES string of the molecule is COc1cc(C(=O)Nc2cccc(C(F)(F)F)c2)cc(Cl)n1. The van der Waals surface area contributed by atoms with E-state index in [1.807, 2.05) is 0 Å². The molecule has 0 aliphatic heterocycles. The van der Waals surface area contributed by atoms with Gasteiger partial charge in [-0.15, -0.1) is 0 Å². The van der Waals surface area contributed by atoms with Gasteiger partial charge in [0.2, 0.25) is 5.88 Å². The smallest absolute Gasteiger partial charge is 0.416 e. The third-order valence-electron chi connectivity index (χ3n) is 2.69. The molecule has 22 heavy (non-hydrogen) atoms. The highest BCUT2D eigenvalue weighted by molar-refractivity contribution is 6.30. The first-order valence-corrected chi connectivity index (χ1v) is 6.37. The number of hydrogen-bond donors (Lipinski definition) is 1. The Morgan fingerprint density at radius 1 is 1.27 bits per heavy atom. The Bertz CT molecular complexity index is 705. The topological polar surface area (TPSA) is 51.2 Å². The summed E-state index contributed by atoms with van der Waals surface area (Å²) in [6.07, 6.45) is -4.48. The van der Waals surface area contributed by atoms with E-state index in [1.165, 1.54) is 31.4 Å². The minimum atomic E-state index is -4.48. The van der Waals surface area contributed by atoms with Crippen molar-refractivity contribution in [3.05, 3.63) is 52.7 Å². The highest BCUT2D eigenvalue weighted by Crippen LogP contribution is 2.30. The predicted molar refractivity (Wildman–Crippen MR) is 75.2 cm³/mol. The van der Waals surface area contributed by atoms with Crippen LogP contribution in [0.25, 0.3) is 0 Å². The number of halogens is 4. The molecule has 0 unspecified atom stereocenters. The van der Waals surface area contributed by atoms with Crippen molar-refractivity contribution in [2.24, 2.45) is 0 Å². The second-order valence-electron chi connectivity index (χ2n) is 4.25. The van der Waals surface area contributed by atoms with E-state index in [0.717, 1.165) is 12.1 Å². The van der Waals surface area contributed by atoms with Crippen molar-refractivity contribution in [2.45, 2.75) is 6.18 Å². The van der Waals surface area contributed by atoms with Gasteiger partial charge in [0.05, 0.1) is 12.7 Å². The molecule has 0 saturated heterocycles. The normalized spacial score (nSPS) is 11.1. The van der Waals surface area contributed by atoms with Gasteiger partial charge in [-0.2, -0.15) is 13.2 Å². The molecule has 4 nitrogen and oxygen atoms in total. The summed E-state index contributed by atoms with van der Waals surface area (Å²) in [6, 6.07) is 6.94. The van der Waals surface area contributed by atoms with Gasteiger partial charge in [-0.05, 0) is 24.3 Å². The van der Waals surface area contributed by atoms with Gasteiger partial charge in [-0.25, -0.2) is 4.98 Å². The van der Waals surface area contributed by atoms with Crippen molar-refractivity contribution in [1.82, 2.24) is 4.98 Å². The fourth-order valence-electron chi connectivity index (χ4n) is 1.69. The molecule has 0 fully saturated rings. The van der Waals surface area contributed by atoms with E-state index in [1.54, 1.807) is 0 Å². The minimum absolute atomic E-state index is 0.0201. The van der Waals surface area contributed by atoms with Crippen LogP contribution >= 0.6 is 11.6 Å². The molecule has 1 aromatic carbocycles. The number of alkyl halides is 3. The van der Waals surface area contributed by atoms with Crippen LogP contribution in [0.5, 0.6) is 5.88 Å². The highest BCUT2D eigenvalue weighted by atomic mass is 35.5. The standard InChI is InChI=1S/C14H10ClF3N2O2/c1-22-12-6-8(5-11(15)20-12)13(21)19-10-4-2-3-9(7-10)14(16,17)18/h2-7H,1H3,(H,19,21). The molecule has 0 aliphatic rings. The summed E-state index contributed by atoms with van der Waals surface area (Å²) in [6.45, 7) is 0. The first kappa shape index (κ1) is 16.1. The number of ether oxygens (including phenoxy) is 1. The Kier molecular flexibility index (Phi) is 4.56. The summed E-state index contributed by atoms with van der Waals surface area (Å²) in [5.74, 6) is -0.497.